The van der Waals surface area contributed by atoms with Gasteiger partial charge in [-0.25, -0.2) is 0 Å². The van der Waals surface area contributed by atoms with Gasteiger partial charge in [-0.3, -0.25) is 9.59 Å². The van der Waals surface area contributed by atoms with E-state index < -0.39 is 11.8 Å². The zero-order valence-corrected chi connectivity index (χ0v) is 10.7. The first-order valence-electron chi connectivity index (χ1n) is 5.82. The number of carbonyl (C=O) groups is 2. The van der Waals surface area contributed by atoms with Crippen molar-refractivity contribution in [1.29, 1.82) is 0 Å². The molecule has 0 radical (unpaired) electrons. The Morgan fingerprint density at radius 3 is 2.61 bits per heavy atom. The van der Waals surface area contributed by atoms with E-state index in [2.05, 4.69) is 10.6 Å². The molecular formula is C12H19N3O3. The van der Waals surface area contributed by atoms with Crippen molar-refractivity contribution in [1.82, 2.24) is 15.5 Å². The molecule has 1 aromatic heterocycles. The molecule has 0 aliphatic rings. The van der Waals surface area contributed by atoms with Crippen LogP contribution in [0.25, 0.3) is 0 Å². The number of nitrogens with one attached hydrogen (secondary N) is 2. The minimum Gasteiger partial charge on any atom is -0.467 e. The molecule has 100 valence electrons. The van der Waals surface area contributed by atoms with E-state index in [4.69, 9.17) is 4.42 Å². The van der Waals surface area contributed by atoms with Crippen LogP contribution in [-0.2, 0) is 16.1 Å². The SMILES string of the molecule is CN(C)CCCNC(=O)C(=O)NCc1ccco1. The fraction of sp³-hybridized carbons (Fsp3) is 0.500. The van der Waals surface area contributed by atoms with Gasteiger partial charge in [0.2, 0.25) is 0 Å². The standard InChI is InChI=1S/C12H19N3O3/c1-15(2)7-4-6-13-11(16)12(17)14-9-10-5-3-8-18-10/h3,5,8H,4,6-7,9H2,1-2H3,(H,13,16)(H,14,17). The second-order valence-corrected chi connectivity index (χ2v) is 4.17. The summed E-state index contributed by atoms with van der Waals surface area (Å²) in [4.78, 5) is 24.8. The maximum Gasteiger partial charge on any atom is 0.309 e. The van der Waals surface area contributed by atoms with Crippen LogP contribution in [0.4, 0.5) is 0 Å². The van der Waals surface area contributed by atoms with Crippen molar-refractivity contribution in [2.24, 2.45) is 0 Å². The molecule has 0 aliphatic heterocycles. The lowest BCUT2D eigenvalue weighted by molar-refractivity contribution is -0.139. The maximum absolute atomic E-state index is 11.4. The molecule has 0 aliphatic carbocycles. The summed E-state index contributed by atoms with van der Waals surface area (Å²) in [5, 5.41) is 5.04. The van der Waals surface area contributed by atoms with Crippen LogP contribution in [0.3, 0.4) is 0 Å². The van der Waals surface area contributed by atoms with Crippen molar-refractivity contribution in [2.75, 3.05) is 27.2 Å². The zero-order chi connectivity index (χ0) is 13.4. The highest BCUT2D eigenvalue weighted by molar-refractivity contribution is 6.35. The lowest BCUT2D eigenvalue weighted by Crippen LogP contribution is -2.40. The van der Waals surface area contributed by atoms with Crippen molar-refractivity contribution in [2.45, 2.75) is 13.0 Å². The lowest BCUT2D eigenvalue weighted by Gasteiger charge is -2.09. The van der Waals surface area contributed by atoms with Crippen LogP contribution >= 0.6 is 0 Å². The molecule has 0 unspecified atom stereocenters. The molecule has 1 rings (SSSR count). The van der Waals surface area contributed by atoms with Crippen molar-refractivity contribution >= 4 is 11.8 Å². The summed E-state index contributed by atoms with van der Waals surface area (Å²) in [7, 11) is 3.91. The second kappa shape index (κ2) is 7.50. The summed E-state index contributed by atoms with van der Waals surface area (Å²) in [6.45, 7) is 1.58. The number of hydrogen-bond acceptors (Lipinski definition) is 4. The van der Waals surface area contributed by atoms with E-state index in [9.17, 15) is 9.59 Å². The molecule has 0 saturated carbocycles. The Morgan fingerprint density at radius 2 is 2.00 bits per heavy atom. The van der Waals surface area contributed by atoms with Gasteiger partial charge in [0.25, 0.3) is 0 Å². The third kappa shape index (κ3) is 5.49. The second-order valence-electron chi connectivity index (χ2n) is 4.17. The van der Waals surface area contributed by atoms with Crippen molar-refractivity contribution in [3.05, 3.63) is 24.2 Å². The topological polar surface area (TPSA) is 74.6 Å². The molecule has 2 N–H and O–H groups in total. The lowest BCUT2D eigenvalue weighted by atomic mass is 10.4. The van der Waals surface area contributed by atoms with Gasteiger partial charge in [-0.15, -0.1) is 0 Å². The van der Waals surface area contributed by atoms with Crippen molar-refractivity contribution in [3.8, 4) is 0 Å². The summed E-state index contributed by atoms with van der Waals surface area (Å²) in [6, 6.07) is 3.46. The van der Waals surface area contributed by atoms with Gasteiger partial charge in [-0.05, 0) is 39.2 Å². The number of carbonyl (C=O) groups excluding carboxylic acids is 2. The number of hydrogen-bond donors (Lipinski definition) is 2. The molecule has 6 nitrogen and oxygen atoms in total. The van der Waals surface area contributed by atoms with E-state index >= 15 is 0 Å². The third-order valence-electron chi connectivity index (χ3n) is 2.28. The predicted molar refractivity (Wildman–Crippen MR) is 66.7 cm³/mol. The first-order valence-corrected chi connectivity index (χ1v) is 5.82. The summed E-state index contributed by atoms with van der Waals surface area (Å²) < 4.78 is 5.04. The Balaban J connectivity index is 2.15. The van der Waals surface area contributed by atoms with E-state index in [0.717, 1.165) is 13.0 Å². The highest BCUT2D eigenvalue weighted by Gasteiger charge is 2.12. The van der Waals surface area contributed by atoms with Crippen LogP contribution in [0.15, 0.2) is 22.8 Å². The minimum atomic E-state index is -0.642. The van der Waals surface area contributed by atoms with E-state index in [0.29, 0.717) is 12.3 Å². The Labute approximate surface area is 106 Å². The van der Waals surface area contributed by atoms with Gasteiger partial charge < -0.3 is 20.0 Å². The molecule has 2 amide bonds. The van der Waals surface area contributed by atoms with Gasteiger partial charge in [-0.2, -0.15) is 0 Å². The molecule has 0 atom stereocenters. The molecule has 0 fully saturated rings. The van der Waals surface area contributed by atoms with E-state index in [-0.39, 0.29) is 6.54 Å². The van der Waals surface area contributed by atoms with Crippen LogP contribution in [0.2, 0.25) is 0 Å². The Kier molecular flexibility index (Phi) is 5.93. The molecular weight excluding hydrogens is 234 g/mol. The van der Waals surface area contributed by atoms with E-state index in [1.165, 1.54) is 6.26 Å². The predicted octanol–water partition coefficient (Wildman–Crippen LogP) is -0.0363. The fourth-order valence-electron chi connectivity index (χ4n) is 1.34. The molecule has 1 aromatic rings. The summed E-state index contributed by atoms with van der Waals surface area (Å²) >= 11 is 0. The molecule has 0 saturated heterocycles. The maximum atomic E-state index is 11.4. The monoisotopic (exact) mass is 253 g/mol. The smallest absolute Gasteiger partial charge is 0.309 e. The molecule has 0 spiro atoms. The summed E-state index contributed by atoms with van der Waals surface area (Å²) in [5.41, 5.74) is 0. The first-order chi connectivity index (χ1) is 8.59. The van der Waals surface area contributed by atoms with Crippen LogP contribution in [0.5, 0.6) is 0 Å². The van der Waals surface area contributed by atoms with E-state index in [1.54, 1.807) is 12.1 Å². The van der Waals surface area contributed by atoms with Gasteiger partial charge in [0, 0.05) is 6.54 Å². The van der Waals surface area contributed by atoms with Gasteiger partial charge in [-0.1, -0.05) is 0 Å². The number of furan rings is 1. The summed E-state index contributed by atoms with van der Waals surface area (Å²) in [6.07, 6.45) is 2.33. The van der Waals surface area contributed by atoms with Crippen molar-refractivity contribution in [3.63, 3.8) is 0 Å². The van der Waals surface area contributed by atoms with Gasteiger partial charge >= 0.3 is 11.8 Å². The number of amides is 2. The zero-order valence-electron chi connectivity index (χ0n) is 10.7. The Bertz CT molecular complexity index is 374. The number of rotatable bonds is 6. The minimum absolute atomic E-state index is 0.219. The van der Waals surface area contributed by atoms with Gasteiger partial charge in [0.05, 0.1) is 12.8 Å². The molecule has 0 bridgehead atoms. The normalized spacial score (nSPS) is 10.4. The van der Waals surface area contributed by atoms with Gasteiger partial charge in [0.15, 0.2) is 0 Å². The fourth-order valence-corrected chi connectivity index (χ4v) is 1.34. The quantitative estimate of drug-likeness (QED) is 0.551. The van der Waals surface area contributed by atoms with Crippen LogP contribution < -0.4 is 10.6 Å². The van der Waals surface area contributed by atoms with Crippen LogP contribution in [0.1, 0.15) is 12.2 Å². The molecule has 1 heterocycles. The Morgan fingerprint density at radius 1 is 1.28 bits per heavy atom. The average Bonchev–Trinajstić information content (AvgIpc) is 2.84. The highest BCUT2D eigenvalue weighted by Crippen LogP contribution is 1.98. The first kappa shape index (κ1) is 14.2. The van der Waals surface area contributed by atoms with E-state index in [1.807, 2.05) is 19.0 Å². The highest BCUT2D eigenvalue weighted by atomic mass is 16.3. The summed E-state index contributed by atoms with van der Waals surface area (Å²) in [5.74, 6) is -0.639. The molecule has 0 aromatic carbocycles. The van der Waals surface area contributed by atoms with Crippen LogP contribution in [0, 0.1) is 0 Å². The molecule has 6 heteroatoms. The number of nitrogens with zero attached hydrogens (tertiary/aromatic N) is 1. The Hall–Kier alpha value is -1.82. The van der Waals surface area contributed by atoms with Gasteiger partial charge in [0.1, 0.15) is 5.76 Å². The average molecular weight is 253 g/mol. The van der Waals surface area contributed by atoms with Crippen molar-refractivity contribution < 1.29 is 14.0 Å². The van der Waals surface area contributed by atoms with Crippen LogP contribution in [-0.4, -0.2) is 43.9 Å². The molecule has 18 heavy (non-hydrogen) atoms. The largest absolute Gasteiger partial charge is 0.467 e. The third-order valence-corrected chi connectivity index (χ3v) is 2.28.